The van der Waals surface area contributed by atoms with Crippen molar-refractivity contribution in [3.63, 3.8) is 0 Å². The molecule has 0 saturated heterocycles. The molecule has 5 nitrogen and oxygen atoms in total. The summed E-state index contributed by atoms with van der Waals surface area (Å²) in [5.74, 6) is -1.08. The van der Waals surface area contributed by atoms with E-state index in [1.807, 2.05) is 60.7 Å². The van der Waals surface area contributed by atoms with Crippen LogP contribution in [0.15, 0.2) is 66.7 Å². The number of aromatic carboxylic acids is 1. The normalized spacial score (nSPS) is 10.3. The number of ether oxygens (including phenoxy) is 1. The number of amides is 1. The molecule has 0 unspecified atom stereocenters. The Morgan fingerprint density at radius 1 is 0.962 bits per heavy atom. The number of carboxylic acid groups (broad SMARTS) is 1. The van der Waals surface area contributed by atoms with E-state index in [1.54, 1.807) is 6.07 Å². The van der Waals surface area contributed by atoms with Gasteiger partial charge in [0.15, 0.2) is 0 Å². The van der Waals surface area contributed by atoms with Crippen LogP contribution in [0.5, 0.6) is 0 Å². The summed E-state index contributed by atoms with van der Waals surface area (Å²) in [5, 5.41) is 12.2. The van der Waals surface area contributed by atoms with E-state index < -0.39 is 12.1 Å². The van der Waals surface area contributed by atoms with Gasteiger partial charge in [-0.05, 0) is 17.2 Å². The lowest BCUT2D eigenvalue weighted by Crippen LogP contribution is -2.14. The van der Waals surface area contributed by atoms with Crippen molar-refractivity contribution in [2.75, 3.05) is 5.32 Å². The maximum Gasteiger partial charge on any atom is 0.412 e. The average Bonchev–Trinajstić information content (AvgIpc) is 3.04. The Kier molecular flexibility index (Phi) is 5.66. The molecule has 0 aliphatic rings. The summed E-state index contributed by atoms with van der Waals surface area (Å²) in [5.41, 5.74) is 2.00. The molecule has 1 amide bonds. The molecule has 0 spiro atoms. The van der Waals surface area contributed by atoms with Crippen molar-refractivity contribution in [2.24, 2.45) is 0 Å². The first-order chi connectivity index (χ1) is 12.6. The zero-order chi connectivity index (χ0) is 18.4. The Labute approximate surface area is 154 Å². The molecule has 6 heteroatoms. The first-order valence-corrected chi connectivity index (χ1v) is 8.81. The Balaban J connectivity index is 1.68. The van der Waals surface area contributed by atoms with Gasteiger partial charge in [-0.1, -0.05) is 60.7 Å². The lowest BCUT2D eigenvalue weighted by atomic mass is 10.1. The Bertz CT molecular complexity index is 891. The van der Waals surface area contributed by atoms with Gasteiger partial charge in [0.2, 0.25) is 0 Å². The molecule has 0 fully saturated rings. The first-order valence-electron chi connectivity index (χ1n) is 7.99. The number of hydrogen-bond donors (Lipinski definition) is 2. The lowest BCUT2D eigenvalue weighted by Gasteiger charge is -2.06. The van der Waals surface area contributed by atoms with Crippen molar-refractivity contribution in [3.05, 3.63) is 88.3 Å². The topological polar surface area (TPSA) is 75.6 Å². The van der Waals surface area contributed by atoms with Gasteiger partial charge < -0.3 is 9.84 Å². The molecular formula is C20H17NO4S. The SMILES string of the molecule is O=C(Nc1sc(Cc2ccccc2)cc1C(=O)O)OCc1ccccc1. The number of benzene rings is 2. The second kappa shape index (κ2) is 8.31. The molecule has 26 heavy (non-hydrogen) atoms. The number of nitrogens with one attached hydrogen (secondary N) is 1. The van der Waals surface area contributed by atoms with Crippen LogP contribution in [0.3, 0.4) is 0 Å². The van der Waals surface area contributed by atoms with E-state index in [1.165, 1.54) is 11.3 Å². The third-order valence-corrected chi connectivity index (χ3v) is 4.71. The molecule has 0 radical (unpaired) electrons. The van der Waals surface area contributed by atoms with E-state index >= 15 is 0 Å². The summed E-state index contributed by atoms with van der Waals surface area (Å²) in [7, 11) is 0. The molecule has 2 N–H and O–H groups in total. The fraction of sp³-hybridized carbons (Fsp3) is 0.100. The van der Waals surface area contributed by atoms with E-state index in [9.17, 15) is 14.7 Å². The van der Waals surface area contributed by atoms with E-state index in [0.717, 1.165) is 16.0 Å². The van der Waals surface area contributed by atoms with E-state index in [2.05, 4.69) is 5.32 Å². The summed E-state index contributed by atoms with van der Waals surface area (Å²) in [4.78, 5) is 24.3. The molecule has 1 aromatic heterocycles. The van der Waals surface area contributed by atoms with Crippen molar-refractivity contribution in [1.82, 2.24) is 0 Å². The highest BCUT2D eigenvalue weighted by Crippen LogP contribution is 2.30. The van der Waals surface area contributed by atoms with Gasteiger partial charge in [0.1, 0.15) is 11.6 Å². The largest absolute Gasteiger partial charge is 0.478 e. The smallest absolute Gasteiger partial charge is 0.412 e. The predicted molar refractivity (Wildman–Crippen MR) is 101 cm³/mol. The van der Waals surface area contributed by atoms with Crippen molar-refractivity contribution in [2.45, 2.75) is 13.0 Å². The van der Waals surface area contributed by atoms with Gasteiger partial charge in [-0.2, -0.15) is 0 Å². The number of anilines is 1. The zero-order valence-corrected chi connectivity index (χ0v) is 14.7. The third kappa shape index (κ3) is 4.70. The van der Waals surface area contributed by atoms with Crippen LogP contribution in [0.2, 0.25) is 0 Å². The fourth-order valence-electron chi connectivity index (χ4n) is 2.43. The van der Waals surface area contributed by atoms with Crippen LogP contribution >= 0.6 is 11.3 Å². The predicted octanol–water partition coefficient (Wildman–Crippen LogP) is 4.79. The quantitative estimate of drug-likeness (QED) is 0.657. The van der Waals surface area contributed by atoms with Crippen LogP contribution < -0.4 is 5.32 Å². The van der Waals surface area contributed by atoms with Gasteiger partial charge in [-0.3, -0.25) is 5.32 Å². The minimum absolute atomic E-state index is 0.0672. The molecule has 0 bridgehead atoms. The monoisotopic (exact) mass is 367 g/mol. The van der Waals surface area contributed by atoms with E-state index in [0.29, 0.717) is 6.42 Å². The van der Waals surface area contributed by atoms with Crippen LogP contribution in [-0.2, 0) is 17.8 Å². The van der Waals surface area contributed by atoms with Crippen LogP contribution in [-0.4, -0.2) is 17.2 Å². The molecule has 0 aliphatic carbocycles. The van der Waals surface area contributed by atoms with E-state index in [-0.39, 0.29) is 17.2 Å². The van der Waals surface area contributed by atoms with Crippen LogP contribution in [0, 0.1) is 0 Å². The summed E-state index contributed by atoms with van der Waals surface area (Å²) in [6.45, 7) is 0.122. The minimum atomic E-state index is -1.08. The minimum Gasteiger partial charge on any atom is -0.478 e. The molecule has 0 saturated carbocycles. The summed E-state index contributed by atoms with van der Waals surface area (Å²) < 4.78 is 5.16. The van der Waals surface area contributed by atoms with E-state index in [4.69, 9.17) is 4.74 Å². The number of rotatable bonds is 6. The number of carboxylic acids is 1. The molecule has 3 rings (SSSR count). The standard InChI is InChI=1S/C20H17NO4S/c22-19(23)17-12-16(11-14-7-3-1-4-8-14)26-18(17)21-20(24)25-13-15-9-5-2-6-10-15/h1-10,12H,11,13H2,(H,21,24)(H,22,23). The van der Waals surface area contributed by atoms with Gasteiger partial charge in [-0.25, -0.2) is 9.59 Å². The van der Waals surface area contributed by atoms with Crippen LogP contribution in [0.25, 0.3) is 0 Å². The highest BCUT2D eigenvalue weighted by atomic mass is 32.1. The number of thiophene rings is 1. The number of hydrogen-bond acceptors (Lipinski definition) is 4. The summed E-state index contributed by atoms with van der Waals surface area (Å²) >= 11 is 1.24. The lowest BCUT2D eigenvalue weighted by molar-refractivity contribution is 0.0698. The van der Waals surface area contributed by atoms with Crippen molar-refractivity contribution in [1.29, 1.82) is 0 Å². The molecule has 1 heterocycles. The summed E-state index contributed by atoms with van der Waals surface area (Å²) in [6, 6.07) is 20.6. The highest BCUT2D eigenvalue weighted by Gasteiger charge is 2.18. The highest BCUT2D eigenvalue weighted by molar-refractivity contribution is 7.16. The second-order valence-electron chi connectivity index (χ2n) is 5.61. The number of carbonyl (C=O) groups is 2. The van der Waals surface area contributed by atoms with Crippen LogP contribution in [0.1, 0.15) is 26.4 Å². The number of carbonyl (C=O) groups excluding carboxylic acids is 1. The van der Waals surface area contributed by atoms with Gasteiger partial charge in [0.05, 0.1) is 5.56 Å². The Morgan fingerprint density at radius 2 is 1.58 bits per heavy atom. The van der Waals surface area contributed by atoms with Gasteiger partial charge in [0.25, 0.3) is 0 Å². The zero-order valence-electron chi connectivity index (χ0n) is 13.8. The van der Waals surface area contributed by atoms with Crippen molar-refractivity contribution in [3.8, 4) is 0 Å². The average molecular weight is 367 g/mol. The second-order valence-corrected chi connectivity index (χ2v) is 6.75. The maximum absolute atomic E-state index is 12.0. The molecule has 0 aliphatic heterocycles. The third-order valence-electron chi connectivity index (χ3n) is 3.66. The molecular weight excluding hydrogens is 350 g/mol. The Morgan fingerprint density at radius 3 is 2.19 bits per heavy atom. The molecule has 3 aromatic rings. The van der Waals surface area contributed by atoms with Crippen molar-refractivity contribution < 1.29 is 19.4 Å². The molecule has 0 atom stereocenters. The van der Waals surface area contributed by atoms with Crippen molar-refractivity contribution >= 4 is 28.4 Å². The van der Waals surface area contributed by atoms with Gasteiger partial charge >= 0.3 is 12.1 Å². The Hall–Kier alpha value is -3.12. The van der Waals surface area contributed by atoms with Gasteiger partial charge in [-0.15, -0.1) is 11.3 Å². The van der Waals surface area contributed by atoms with Crippen LogP contribution in [0.4, 0.5) is 9.80 Å². The fourth-order valence-corrected chi connectivity index (χ4v) is 3.50. The maximum atomic E-state index is 12.0. The summed E-state index contributed by atoms with van der Waals surface area (Å²) in [6.07, 6.45) is -0.0727. The molecule has 2 aromatic carbocycles. The first kappa shape index (κ1) is 17.7. The van der Waals surface area contributed by atoms with Gasteiger partial charge in [0, 0.05) is 11.3 Å². The molecule has 132 valence electrons.